The Morgan fingerprint density at radius 3 is 2.24 bits per heavy atom. The van der Waals surface area contributed by atoms with Crippen LogP contribution in [0.3, 0.4) is 0 Å². The molecule has 21 heavy (non-hydrogen) atoms. The predicted octanol–water partition coefficient (Wildman–Crippen LogP) is 3.94. The van der Waals surface area contributed by atoms with Gasteiger partial charge >= 0.3 is 0 Å². The first-order chi connectivity index (χ1) is 9.52. The first-order valence-corrected chi connectivity index (χ1v) is 6.47. The van der Waals surface area contributed by atoms with E-state index >= 15 is 0 Å². The van der Waals surface area contributed by atoms with Gasteiger partial charge in [-0.05, 0) is 42.5 Å². The molecule has 0 unspecified atom stereocenters. The molecule has 0 heterocycles. The van der Waals surface area contributed by atoms with Gasteiger partial charge in [-0.25, -0.2) is 10.9 Å². The highest BCUT2D eigenvalue weighted by Crippen LogP contribution is 2.24. The zero-order valence-corrected chi connectivity index (χ0v) is 13.4. The van der Waals surface area contributed by atoms with Gasteiger partial charge in [0.2, 0.25) is 0 Å². The summed E-state index contributed by atoms with van der Waals surface area (Å²) >= 11 is 11.7. The molecule has 0 bridgehead atoms. The summed E-state index contributed by atoms with van der Waals surface area (Å²) in [6, 6.07) is 11.4. The molecule has 0 saturated carbocycles. The van der Waals surface area contributed by atoms with Crippen LogP contribution >= 0.6 is 35.6 Å². The highest BCUT2D eigenvalue weighted by Gasteiger charge is 2.15. The van der Waals surface area contributed by atoms with Crippen LogP contribution in [0, 0.1) is 0 Å². The summed E-state index contributed by atoms with van der Waals surface area (Å²) in [5.41, 5.74) is 0.902. The van der Waals surface area contributed by atoms with Crippen molar-refractivity contribution in [2.45, 2.75) is 0 Å². The van der Waals surface area contributed by atoms with Gasteiger partial charge < -0.3 is 4.74 Å². The maximum Gasteiger partial charge on any atom is 0.272 e. The molecule has 0 spiro atoms. The Hall–Kier alpha value is -1.46. The number of rotatable bonds is 3. The lowest BCUT2D eigenvalue weighted by Gasteiger charge is -2.17. The average Bonchev–Trinajstić information content (AvgIpc) is 2.48. The van der Waals surface area contributed by atoms with E-state index < -0.39 is 0 Å². The number of carbonyl (C=O) groups is 1. The summed E-state index contributed by atoms with van der Waals surface area (Å²) in [6.07, 6.45) is 0. The molecule has 4 nitrogen and oxygen atoms in total. The molecular weight excluding hydrogens is 335 g/mol. The second-order valence-corrected chi connectivity index (χ2v) is 4.82. The number of methoxy groups -OCH3 is 1. The summed E-state index contributed by atoms with van der Waals surface area (Å²) in [7, 11) is 1.57. The Morgan fingerprint density at radius 1 is 1.10 bits per heavy atom. The number of benzene rings is 2. The van der Waals surface area contributed by atoms with Gasteiger partial charge in [-0.1, -0.05) is 23.2 Å². The van der Waals surface area contributed by atoms with Gasteiger partial charge in [0, 0.05) is 5.56 Å². The van der Waals surface area contributed by atoms with Crippen LogP contribution < -0.4 is 15.6 Å². The monoisotopic (exact) mass is 346 g/mol. The molecule has 2 aromatic rings. The molecule has 0 atom stereocenters. The smallest absolute Gasteiger partial charge is 0.272 e. The molecule has 0 aromatic heterocycles. The van der Waals surface area contributed by atoms with Crippen LogP contribution in [0.2, 0.25) is 10.0 Å². The molecule has 0 fully saturated rings. The molecule has 7 heteroatoms. The summed E-state index contributed by atoms with van der Waals surface area (Å²) in [5, 5.41) is 1.73. The summed E-state index contributed by atoms with van der Waals surface area (Å²) in [4.78, 5) is 12.2. The van der Waals surface area contributed by atoms with Crippen LogP contribution in [0.15, 0.2) is 42.5 Å². The van der Waals surface area contributed by atoms with Gasteiger partial charge in [-0.15, -0.1) is 12.4 Å². The Bertz CT molecular complexity index is 633. The molecule has 0 radical (unpaired) electrons. The van der Waals surface area contributed by atoms with Crippen LogP contribution in [-0.2, 0) is 0 Å². The molecule has 2 aromatic carbocycles. The lowest BCUT2D eigenvalue weighted by molar-refractivity contribution is 0.0987. The van der Waals surface area contributed by atoms with E-state index in [0.717, 1.165) is 5.01 Å². The Labute approximate surface area is 138 Å². The molecule has 0 saturated heterocycles. The number of nitrogens with two attached hydrogens (primary N) is 1. The van der Waals surface area contributed by atoms with Crippen molar-refractivity contribution in [3.8, 4) is 5.75 Å². The van der Waals surface area contributed by atoms with E-state index in [4.69, 9.17) is 33.8 Å². The number of nitrogens with zero attached hydrogens (tertiary/aromatic N) is 1. The van der Waals surface area contributed by atoms with Crippen molar-refractivity contribution < 1.29 is 9.53 Å². The minimum absolute atomic E-state index is 0. The van der Waals surface area contributed by atoms with E-state index in [1.54, 1.807) is 43.5 Å². The maximum absolute atomic E-state index is 12.2. The van der Waals surface area contributed by atoms with E-state index in [1.807, 2.05) is 0 Å². The summed E-state index contributed by atoms with van der Waals surface area (Å²) in [6.45, 7) is 0. The minimum Gasteiger partial charge on any atom is -0.497 e. The quantitative estimate of drug-likeness (QED) is 0.520. The van der Waals surface area contributed by atoms with Crippen molar-refractivity contribution in [1.29, 1.82) is 0 Å². The fourth-order valence-electron chi connectivity index (χ4n) is 1.63. The predicted molar refractivity (Wildman–Crippen MR) is 87.7 cm³/mol. The van der Waals surface area contributed by atoms with Crippen molar-refractivity contribution in [3.05, 3.63) is 58.1 Å². The summed E-state index contributed by atoms with van der Waals surface area (Å²) < 4.78 is 5.05. The van der Waals surface area contributed by atoms with Gasteiger partial charge in [-0.2, -0.15) is 0 Å². The van der Waals surface area contributed by atoms with Gasteiger partial charge in [0.25, 0.3) is 5.91 Å². The maximum atomic E-state index is 12.2. The molecule has 2 rings (SSSR count). The molecule has 2 N–H and O–H groups in total. The van der Waals surface area contributed by atoms with Crippen molar-refractivity contribution in [3.63, 3.8) is 0 Å². The number of hydrazine groups is 1. The van der Waals surface area contributed by atoms with Crippen LogP contribution in [-0.4, -0.2) is 13.0 Å². The highest BCUT2D eigenvalue weighted by atomic mass is 35.5. The van der Waals surface area contributed by atoms with Crippen molar-refractivity contribution >= 4 is 47.2 Å². The number of halogens is 3. The van der Waals surface area contributed by atoms with Gasteiger partial charge in [0.05, 0.1) is 22.8 Å². The number of amides is 1. The van der Waals surface area contributed by atoms with Gasteiger partial charge in [-0.3, -0.25) is 4.79 Å². The number of carbonyl (C=O) groups excluding carboxylic acids is 1. The Balaban J connectivity index is 0.00000220. The van der Waals surface area contributed by atoms with E-state index in [1.165, 1.54) is 6.07 Å². The molecule has 1 amide bonds. The fourth-order valence-corrected chi connectivity index (χ4v) is 1.93. The number of ether oxygens (including phenoxy) is 1. The number of hydrogen-bond acceptors (Lipinski definition) is 3. The molecular formula is C14H13Cl3N2O2. The molecule has 0 aliphatic rings. The van der Waals surface area contributed by atoms with Gasteiger partial charge in [0.1, 0.15) is 5.75 Å². The fraction of sp³-hybridized carbons (Fsp3) is 0.0714. The third-order valence-electron chi connectivity index (χ3n) is 2.74. The lowest BCUT2D eigenvalue weighted by atomic mass is 10.2. The lowest BCUT2D eigenvalue weighted by Crippen LogP contribution is -2.37. The zero-order valence-electron chi connectivity index (χ0n) is 11.0. The van der Waals surface area contributed by atoms with Crippen LogP contribution in [0.5, 0.6) is 5.75 Å². The Kier molecular flexibility index (Phi) is 6.30. The summed E-state index contributed by atoms with van der Waals surface area (Å²) in [5.74, 6) is 6.12. The van der Waals surface area contributed by atoms with E-state index in [0.29, 0.717) is 27.0 Å². The Morgan fingerprint density at radius 2 is 1.71 bits per heavy atom. The van der Waals surface area contributed by atoms with Gasteiger partial charge in [0.15, 0.2) is 0 Å². The molecule has 0 aliphatic carbocycles. The second-order valence-electron chi connectivity index (χ2n) is 4.00. The first kappa shape index (κ1) is 17.6. The first-order valence-electron chi connectivity index (χ1n) is 5.71. The highest BCUT2D eigenvalue weighted by molar-refractivity contribution is 6.42. The largest absolute Gasteiger partial charge is 0.497 e. The van der Waals surface area contributed by atoms with Crippen molar-refractivity contribution in [2.24, 2.45) is 5.84 Å². The minimum atomic E-state index is -0.381. The second kappa shape index (κ2) is 7.52. The SMILES string of the molecule is COc1ccc(N(N)C(=O)c2ccc(Cl)c(Cl)c2)cc1.Cl. The zero-order chi connectivity index (χ0) is 14.7. The van der Waals surface area contributed by atoms with Crippen LogP contribution in [0.25, 0.3) is 0 Å². The number of hydrogen-bond donors (Lipinski definition) is 1. The van der Waals surface area contributed by atoms with E-state index in [-0.39, 0.29) is 18.3 Å². The van der Waals surface area contributed by atoms with E-state index in [9.17, 15) is 4.79 Å². The van der Waals surface area contributed by atoms with Crippen molar-refractivity contribution in [1.82, 2.24) is 0 Å². The normalized spacial score (nSPS) is 9.71. The average molecular weight is 348 g/mol. The van der Waals surface area contributed by atoms with Crippen LogP contribution in [0.1, 0.15) is 10.4 Å². The van der Waals surface area contributed by atoms with E-state index in [2.05, 4.69) is 0 Å². The third kappa shape index (κ3) is 4.02. The standard InChI is InChI=1S/C14H12Cl2N2O2.ClH/c1-20-11-5-3-10(4-6-11)18(17)14(19)9-2-7-12(15)13(16)8-9;/h2-8H,17H2,1H3;1H. The molecule has 112 valence electrons. The number of anilines is 1. The topological polar surface area (TPSA) is 55.6 Å². The van der Waals surface area contributed by atoms with Crippen molar-refractivity contribution in [2.75, 3.05) is 12.1 Å². The van der Waals surface area contributed by atoms with Crippen LogP contribution in [0.4, 0.5) is 5.69 Å². The molecule has 0 aliphatic heterocycles. The third-order valence-corrected chi connectivity index (χ3v) is 3.47.